The number of hydrogen-bond acceptors (Lipinski definition) is 6. The van der Waals surface area contributed by atoms with Crippen molar-refractivity contribution < 1.29 is 21.8 Å². The Hall–Kier alpha value is -1.56. The molecule has 17 heavy (non-hydrogen) atoms. The zero-order chi connectivity index (χ0) is 13.3. The van der Waals surface area contributed by atoms with Crippen LogP contribution in [0, 0.1) is 10.1 Å². The standard InChI is InChI=1S/C6H7N3O6S2/c7-17(14,15)8-16(12,13)6-3-1-5(2-4-6)9(10)11/h1-4,8H,(H2,7,14,15). The zero-order valence-corrected chi connectivity index (χ0v) is 9.73. The maximum absolute atomic E-state index is 11.4. The zero-order valence-electron chi connectivity index (χ0n) is 8.10. The molecule has 9 nitrogen and oxygen atoms in total. The van der Waals surface area contributed by atoms with E-state index in [-0.39, 0.29) is 5.69 Å². The number of rotatable bonds is 4. The number of sulfonamides is 1. The smallest absolute Gasteiger partial charge is 0.258 e. The fraction of sp³-hybridized carbons (Fsp3) is 0. The first-order valence-corrected chi connectivity index (χ1v) is 6.95. The molecule has 0 aromatic heterocycles. The molecular formula is C6H7N3O6S2. The normalized spacial score (nSPS) is 12.3. The number of nitro groups is 1. The highest BCUT2D eigenvalue weighted by atomic mass is 32.3. The van der Waals surface area contributed by atoms with E-state index in [4.69, 9.17) is 0 Å². The van der Waals surface area contributed by atoms with Crippen molar-refractivity contribution in [1.29, 1.82) is 0 Å². The Bertz CT molecular complexity index is 633. The maximum Gasteiger partial charge on any atom is 0.287 e. The Morgan fingerprint density at radius 2 is 1.59 bits per heavy atom. The molecule has 0 radical (unpaired) electrons. The van der Waals surface area contributed by atoms with Crippen molar-refractivity contribution in [3.05, 3.63) is 34.4 Å². The Morgan fingerprint density at radius 3 is 1.94 bits per heavy atom. The van der Waals surface area contributed by atoms with Crippen molar-refractivity contribution >= 4 is 25.9 Å². The van der Waals surface area contributed by atoms with Crippen molar-refractivity contribution in [2.45, 2.75) is 4.90 Å². The number of nitrogens with two attached hydrogens (primary N) is 1. The van der Waals surface area contributed by atoms with Gasteiger partial charge in [0.2, 0.25) is 0 Å². The first-order chi connectivity index (χ1) is 7.62. The van der Waals surface area contributed by atoms with Gasteiger partial charge in [0, 0.05) is 12.1 Å². The molecule has 0 spiro atoms. The van der Waals surface area contributed by atoms with Crippen LogP contribution < -0.4 is 9.27 Å². The van der Waals surface area contributed by atoms with Gasteiger partial charge in [-0.05, 0) is 12.1 Å². The summed E-state index contributed by atoms with van der Waals surface area (Å²) in [5.41, 5.74) is -0.320. The van der Waals surface area contributed by atoms with E-state index in [1.54, 1.807) is 0 Å². The molecule has 0 fully saturated rings. The molecule has 3 N–H and O–H groups in total. The molecule has 1 rings (SSSR count). The van der Waals surface area contributed by atoms with Crippen LogP contribution in [0.15, 0.2) is 29.2 Å². The van der Waals surface area contributed by atoms with E-state index in [9.17, 15) is 26.9 Å². The van der Waals surface area contributed by atoms with Gasteiger partial charge in [-0.2, -0.15) is 8.42 Å². The third-order valence-electron chi connectivity index (χ3n) is 1.58. The van der Waals surface area contributed by atoms with Gasteiger partial charge in [-0.3, -0.25) is 10.1 Å². The molecular weight excluding hydrogens is 274 g/mol. The van der Waals surface area contributed by atoms with Crippen LogP contribution in [0.2, 0.25) is 0 Å². The highest BCUT2D eigenvalue weighted by molar-refractivity contribution is 8.03. The van der Waals surface area contributed by atoms with Crippen LogP contribution in [0.1, 0.15) is 0 Å². The molecule has 0 atom stereocenters. The van der Waals surface area contributed by atoms with E-state index >= 15 is 0 Å². The lowest BCUT2D eigenvalue weighted by Crippen LogP contribution is -2.35. The van der Waals surface area contributed by atoms with Gasteiger partial charge in [-0.25, -0.2) is 13.6 Å². The minimum absolute atomic E-state index is 0.320. The molecule has 0 bridgehead atoms. The number of benzene rings is 1. The number of hydrogen-bond donors (Lipinski definition) is 2. The summed E-state index contributed by atoms with van der Waals surface area (Å²) in [5.74, 6) is 0. The largest absolute Gasteiger partial charge is 0.287 e. The second-order valence-corrected chi connectivity index (χ2v) is 6.12. The monoisotopic (exact) mass is 281 g/mol. The number of nitrogens with one attached hydrogen (secondary N) is 1. The van der Waals surface area contributed by atoms with Gasteiger partial charge >= 0.3 is 0 Å². The maximum atomic E-state index is 11.4. The SMILES string of the molecule is NS(=O)(=O)NS(=O)(=O)c1ccc([N+](=O)[O-])cc1. The fourth-order valence-corrected chi connectivity index (χ4v) is 3.05. The third-order valence-corrected chi connectivity index (χ3v) is 4.28. The van der Waals surface area contributed by atoms with Crippen molar-refractivity contribution in [1.82, 2.24) is 4.13 Å². The number of nitro benzene ring substituents is 1. The Kier molecular flexibility index (Phi) is 3.47. The van der Waals surface area contributed by atoms with E-state index in [0.29, 0.717) is 0 Å². The Labute approximate surface area is 96.6 Å². The van der Waals surface area contributed by atoms with E-state index in [2.05, 4.69) is 5.14 Å². The van der Waals surface area contributed by atoms with Crippen LogP contribution in [-0.2, 0) is 20.2 Å². The average molecular weight is 281 g/mol. The lowest BCUT2D eigenvalue weighted by atomic mass is 10.3. The minimum atomic E-state index is -4.43. The van der Waals surface area contributed by atoms with Gasteiger partial charge in [0.15, 0.2) is 0 Å². The number of non-ortho nitro benzene ring substituents is 1. The summed E-state index contributed by atoms with van der Waals surface area (Å²) in [6.45, 7) is 0. The Morgan fingerprint density at radius 1 is 1.12 bits per heavy atom. The highest BCUT2D eigenvalue weighted by Crippen LogP contribution is 2.15. The quantitative estimate of drug-likeness (QED) is 0.538. The second kappa shape index (κ2) is 4.37. The molecule has 1 aromatic rings. The van der Waals surface area contributed by atoms with Gasteiger partial charge in [-0.1, -0.05) is 4.13 Å². The van der Waals surface area contributed by atoms with Gasteiger partial charge < -0.3 is 0 Å². The fourth-order valence-electron chi connectivity index (χ4n) is 0.948. The molecule has 0 aliphatic heterocycles. The summed E-state index contributed by atoms with van der Waals surface area (Å²) in [5, 5.41) is 14.8. The van der Waals surface area contributed by atoms with Crippen LogP contribution in [0.25, 0.3) is 0 Å². The van der Waals surface area contributed by atoms with E-state index in [0.717, 1.165) is 24.3 Å². The number of nitrogens with zero attached hydrogens (tertiary/aromatic N) is 1. The van der Waals surface area contributed by atoms with E-state index in [1.807, 2.05) is 0 Å². The molecule has 0 saturated heterocycles. The second-order valence-electron chi connectivity index (χ2n) is 2.88. The molecule has 0 amide bonds. The molecule has 0 aliphatic rings. The topological polar surface area (TPSA) is 149 Å². The van der Waals surface area contributed by atoms with E-state index in [1.165, 1.54) is 4.13 Å². The molecule has 0 aliphatic carbocycles. The van der Waals surface area contributed by atoms with Gasteiger partial charge in [0.05, 0.1) is 9.82 Å². The molecule has 0 saturated carbocycles. The Balaban J connectivity index is 3.13. The summed E-state index contributed by atoms with van der Waals surface area (Å²) in [6.07, 6.45) is 0. The summed E-state index contributed by atoms with van der Waals surface area (Å²) in [6, 6.07) is 3.65. The summed E-state index contributed by atoms with van der Waals surface area (Å²) < 4.78 is 45.1. The van der Waals surface area contributed by atoms with Crippen molar-refractivity contribution in [3.63, 3.8) is 0 Å². The van der Waals surface area contributed by atoms with Gasteiger partial charge in [0.1, 0.15) is 0 Å². The molecule has 94 valence electrons. The van der Waals surface area contributed by atoms with Crippen molar-refractivity contribution in [2.24, 2.45) is 5.14 Å². The highest BCUT2D eigenvalue weighted by Gasteiger charge is 2.20. The lowest BCUT2D eigenvalue weighted by molar-refractivity contribution is -0.384. The van der Waals surface area contributed by atoms with Crippen LogP contribution in [0.3, 0.4) is 0 Å². The van der Waals surface area contributed by atoms with Crippen LogP contribution in [-0.4, -0.2) is 21.8 Å². The summed E-state index contributed by atoms with van der Waals surface area (Å²) in [7, 11) is -8.77. The minimum Gasteiger partial charge on any atom is -0.258 e. The molecule has 11 heteroatoms. The molecule has 0 heterocycles. The lowest BCUT2D eigenvalue weighted by Gasteiger charge is -2.03. The third kappa shape index (κ3) is 3.74. The summed E-state index contributed by atoms with van der Waals surface area (Å²) >= 11 is 0. The van der Waals surface area contributed by atoms with E-state index < -0.39 is 30.1 Å². The predicted molar refractivity (Wildman–Crippen MR) is 56.5 cm³/mol. The molecule has 1 aromatic carbocycles. The van der Waals surface area contributed by atoms with Gasteiger partial charge in [-0.15, -0.1) is 0 Å². The molecule has 0 unspecified atom stereocenters. The predicted octanol–water partition coefficient (Wildman–Crippen LogP) is -0.923. The average Bonchev–Trinajstić information content (AvgIpc) is 2.14. The van der Waals surface area contributed by atoms with Crippen LogP contribution in [0.5, 0.6) is 0 Å². The van der Waals surface area contributed by atoms with Crippen molar-refractivity contribution in [2.75, 3.05) is 0 Å². The first kappa shape index (κ1) is 13.5. The van der Waals surface area contributed by atoms with Crippen LogP contribution in [0.4, 0.5) is 5.69 Å². The first-order valence-electron chi connectivity index (χ1n) is 3.92. The van der Waals surface area contributed by atoms with Crippen LogP contribution >= 0.6 is 0 Å². The van der Waals surface area contributed by atoms with Gasteiger partial charge in [0.25, 0.3) is 25.9 Å². The van der Waals surface area contributed by atoms with Crippen molar-refractivity contribution in [3.8, 4) is 0 Å². The summed E-state index contributed by atoms with van der Waals surface area (Å²) in [4.78, 5) is 9.15.